The second-order valence-corrected chi connectivity index (χ2v) is 3.70. The average Bonchev–Trinajstić information content (AvgIpc) is 2.35. The fourth-order valence-corrected chi connectivity index (χ4v) is 1.74. The molecular formula is C12H19N5O. The van der Waals surface area contributed by atoms with E-state index in [4.69, 9.17) is 21.7 Å². The molecule has 0 saturated carbocycles. The second-order valence-electron chi connectivity index (χ2n) is 3.70. The van der Waals surface area contributed by atoms with Crippen LogP contribution in [0.3, 0.4) is 0 Å². The highest BCUT2D eigenvalue weighted by atomic mass is 16.7. The fourth-order valence-electron chi connectivity index (χ4n) is 1.74. The molecule has 18 heavy (non-hydrogen) atoms. The van der Waals surface area contributed by atoms with Crippen molar-refractivity contribution in [2.45, 2.75) is 19.4 Å². The van der Waals surface area contributed by atoms with Gasteiger partial charge in [-0.2, -0.15) is 4.99 Å². The predicted molar refractivity (Wildman–Crippen MR) is 71.9 cm³/mol. The number of hydrogen-bond acceptors (Lipinski definition) is 2. The summed E-state index contributed by atoms with van der Waals surface area (Å²) in [5.74, 6) is -0.279. The van der Waals surface area contributed by atoms with Crippen LogP contribution < -0.4 is 11.5 Å². The van der Waals surface area contributed by atoms with E-state index in [1.807, 2.05) is 37.3 Å². The van der Waals surface area contributed by atoms with Crippen molar-refractivity contribution in [3.63, 3.8) is 0 Å². The molecule has 0 heterocycles. The molecule has 98 valence electrons. The van der Waals surface area contributed by atoms with E-state index in [1.54, 1.807) is 0 Å². The van der Waals surface area contributed by atoms with Crippen LogP contribution >= 0.6 is 0 Å². The van der Waals surface area contributed by atoms with Crippen LogP contribution in [0.4, 0.5) is 0 Å². The molecule has 1 unspecified atom stereocenters. The van der Waals surface area contributed by atoms with Gasteiger partial charge < -0.3 is 11.5 Å². The maximum Gasteiger partial charge on any atom is 0.246 e. The molecule has 0 aliphatic carbocycles. The highest BCUT2D eigenvalue weighted by molar-refractivity contribution is 5.91. The number of benzene rings is 1. The van der Waals surface area contributed by atoms with Gasteiger partial charge in [-0.1, -0.05) is 37.3 Å². The summed E-state index contributed by atoms with van der Waals surface area (Å²) < 4.78 is 0. The molecule has 0 bridgehead atoms. The largest absolute Gasteiger partial charge is 0.370 e. The van der Waals surface area contributed by atoms with Gasteiger partial charge >= 0.3 is 0 Å². The third-order valence-electron chi connectivity index (χ3n) is 2.49. The molecule has 1 atom stereocenters. The Morgan fingerprint density at radius 1 is 1.39 bits per heavy atom. The first-order valence-electron chi connectivity index (χ1n) is 5.66. The van der Waals surface area contributed by atoms with Crippen molar-refractivity contribution in [3.05, 3.63) is 35.9 Å². The van der Waals surface area contributed by atoms with Gasteiger partial charge in [0.1, 0.15) is 0 Å². The molecule has 1 rings (SSSR count). The van der Waals surface area contributed by atoms with E-state index in [0.717, 1.165) is 12.0 Å². The highest BCUT2D eigenvalue weighted by Crippen LogP contribution is 2.24. The van der Waals surface area contributed by atoms with E-state index in [9.17, 15) is 0 Å². The van der Waals surface area contributed by atoms with Crippen LogP contribution in [0.1, 0.15) is 24.9 Å². The van der Waals surface area contributed by atoms with Gasteiger partial charge in [0.15, 0.2) is 5.96 Å². The minimum Gasteiger partial charge on any atom is -0.370 e. The third-order valence-corrected chi connectivity index (χ3v) is 2.49. The Morgan fingerprint density at radius 3 is 2.44 bits per heavy atom. The Hall–Kier alpha value is -2.08. The van der Waals surface area contributed by atoms with Crippen molar-refractivity contribution in [2.75, 3.05) is 7.11 Å². The lowest BCUT2D eigenvalue weighted by atomic mass is 10.0. The summed E-state index contributed by atoms with van der Waals surface area (Å²) in [7, 11) is 1.49. The Kier molecular flexibility index (Phi) is 5.13. The van der Waals surface area contributed by atoms with E-state index in [2.05, 4.69) is 4.99 Å². The first-order chi connectivity index (χ1) is 8.60. The summed E-state index contributed by atoms with van der Waals surface area (Å²) in [6, 6.07) is 9.67. The second kappa shape index (κ2) is 6.61. The van der Waals surface area contributed by atoms with Gasteiger partial charge in [-0.3, -0.25) is 10.2 Å². The number of nitrogens with one attached hydrogen (secondary N) is 1. The number of aliphatic imine (C=N–C) groups is 1. The van der Waals surface area contributed by atoms with E-state index in [-0.39, 0.29) is 18.0 Å². The molecule has 0 aliphatic heterocycles. The van der Waals surface area contributed by atoms with Crippen LogP contribution in [-0.4, -0.2) is 24.1 Å². The number of rotatable bonds is 4. The zero-order valence-electron chi connectivity index (χ0n) is 10.6. The Labute approximate surface area is 107 Å². The monoisotopic (exact) mass is 249 g/mol. The first kappa shape index (κ1) is 14.0. The van der Waals surface area contributed by atoms with Crippen LogP contribution in [0.25, 0.3) is 0 Å². The number of guanidine groups is 2. The molecule has 6 heteroatoms. The van der Waals surface area contributed by atoms with Crippen LogP contribution in [0, 0.1) is 5.41 Å². The standard InChI is InChI=1S/C12H19N5O/c1-3-10(9-7-5-4-6-8-9)17(18-2)12(15)16-11(13)14/h4-8,10H,3H2,1-2H3,(H5,13,14,15,16). The molecule has 0 fully saturated rings. The molecule has 0 radical (unpaired) electrons. The minimum atomic E-state index is -0.162. The smallest absolute Gasteiger partial charge is 0.246 e. The molecule has 1 aromatic rings. The lowest BCUT2D eigenvalue weighted by molar-refractivity contribution is -0.101. The summed E-state index contributed by atoms with van der Waals surface area (Å²) in [6.45, 7) is 2.01. The van der Waals surface area contributed by atoms with Crippen molar-refractivity contribution >= 4 is 11.9 Å². The molecule has 0 aliphatic rings. The van der Waals surface area contributed by atoms with Crippen LogP contribution in [-0.2, 0) is 4.84 Å². The molecule has 6 nitrogen and oxygen atoms in total. The SMILES string of the molecule is CCC(c1ccccc1)N(OC)C(=N)N=C(N)N. The first-order valence-corrected chi connectivity index (χ1v) is 5.66. The number of nitrogens with two attached hydrogens (primary N) is 2. The number of hydrogen-bond donors (Lipinski definition) is 3. The van der Waals surface area contributed by atoms with E-state index < -0.39 is 0 Å². The molecule has 1 aromatic carbocycles. The number of hydroxylamine groups is 2. The van der Waals surface area contributed by atoms with Gasteiger partial charge in [0.25, 0.3) is 0 Å². The van der Waals surface area contributed by atoms with Gasteiger partial charge in [-0.15, -0.1) is 0 Å². The summed E-state index contributed by atoms with van der Waals surface area (Å²) in [5, 5.41) is 9.20. The molecular weight excluding hydrogens is 230 g/mol. The van der Waals surface area contributed by atoms with Gasteiger partial charge in [-0.25, -0.2) is 5.06 Å². The van der Waals surface area contributed by atoms with Crippen molar-refractivity contribution in [3.8, 4) is 0 Å². The Bertz CT molecular complexity index is 414. The van der Waals surface area contributed by atoms with E-state index in [1.165, 1.54) is 12.2 Å². The fraction of sp³-hybridized carbons (Fsp3) is 0.333. The molecule has 0 saturated heterocycles. The van der Waals surface area contributed by atoms with Gasteiger partial charge in [0, 0.05) is 0 Å². The zero-order chi connectivity index (χ0) is 13.5. The van der Waals surface area contributed by atoms with Gasteiger partial charge in [0.2, 0.25) is 5.96 Å². The maximum absolute atomic E-state index is 7.81. The predicted octanol–water partition coefficient (Wildman–Crippen LogP) is 1.21. The molecule has 0 amide bonds. The molecule has 0 spiro atoms. The Morgan fingerprint density at radius 2 is 2.00 bits per heavy atom. The van der Waals surface area contributed by atoms with E-state index >= 15 is 0 Å². The summed E-state index contributed by atoms with van der Waals surface area (Å²) in [5.41, 5.74) is 11.6. The third kappa shape index (κ3) is 3.46. The van der Waals surface area contributed by atoms with Crippen molar-refractivity contribution in [2.24, 2.45) is 16.5 Å². The van der Waals surface area contributed by atoms with Gasteiger partial charge in [-0.05, 0) is 12.0 Å². The lowest BCUT2D eigenvalue weighted by Crippen LogP contribution is -2.35. The van der Waals surface area contributed by atoms with Crippen LogP contribution in [0.15, 0.2) is 35.3 Å². The van der Waals surface area contributed by atoms with Crippen molar-refractivity contribution < 1.29 is 4.84 Å². The quantitative estimate of drug-likeness (QED) is 0.424. The van der Waals surface area contributed by atoms with Gasteiger partial charge in [0.05, 0.1) is 13.2 Å². The topological polar surface area (TPSA) is 101 Å². The summed E-state index contributed by atoms with van der Waals surface area (Å²) in [6.07, 6.45) is 0.764. The number of nitrogens with zero attached hydrogens (tertiary/aromatic N) is 2. The van der Waals surface area contributed by atoms with Crippen LogP contribution in [0.2, 0.25) is 0 Å². The lowest BCUT2D eigenvalue weighted by Gasteiger charge is -2.28. The highest BCUT2D eigenvalue weighted by Gasteiger charge is 2.21. The summed E-state index contributed by atoms with van der Waals surface area (Å²) >= 11 is 0. The summed E-state index contributed by atoms with van der Waals surface area (Å²) in [4.78, 5) is 8.91. The Balaban J connectivity index is 2.98. The van der Waals surface area contributed by atoms with Crippen molar-refractivity contribution in [1.82, 2.24) is 5.06 Å². The van der Waals surface area contributed by atoms with E-state index in [0.29, 0.717) is 0 Å². The minimum absolute atomic E-state index is 0.105. The maximum atomic E-state index is 7.81. The zero-order valence-corrected chi connectivity index (χ0v) is 10.6. The van der Waals surface area contributed by atoms with Crippen molar-refractivity contribution in [1.29, 1.82) is 5.41 Å². The average molecular weight is 249 g/mol. The van der Waals surface area contributed by atoms with Crippen LogP contribution in [0.5, 0.6) is 0 Å². The molecule has 5 N–H and O–H groups in total. The normalized spacial score (nSPS) is 11.7. The molecule has 0 aromatic heterocycles.